The number of carbonyl (C=O) groups is 2. The van der Waals surface area contributed by atoms with Crippen LogP contribution in [0.15, 0.2) is 54.6 Å². The molecule has 1 heterocycles. The number of amides is 2. The Kier molecular flexibility index (Phi) is 7.06. The molecular weight excluding hydrogens is 379 g/mol. The molecule has 0 bridgehead atoms. The number of benzene rings is 2. The van der Waals surface area contributed by atoms with Gasteiger partial charge in [-0.05, 0) is 36.2 Å². The Labute approximate surface area is 168 Å². The normalized spacial score (nSPS) is 18.9. The van der Waals surface area contributed by atoms with Crippen molar-refractivity contribution in [1.82, 2.24) is 10.2 Å². The maximum Gasteiger partial charge on any atom is 0.255 e. The van der Waals surface area contributed by atoms with Crippen molar-refractivity contribution in [3.8, 4) is 0 Å². The van der Waals surface area contributed by atoms with E-state index in [1.165, 1.54) is 23.9 Å². The Bertz CT molecular complexity index is 818. The monoisotopic (exact) mass is 402 g/mol. The largest absolute Gasteiger partial charge is 0.385 e. The first-order chi connectivity index (χ1) is 13.6. The van der Waals surface area contributed by atoms with Crippen LogP contribution in [0.25, 0.3) is 0 Å². The predicted octanol–water partition coefficient (Wildman–Crippen LogP) is 3.23. The minimum atomic E-state index is -0.617. The topological polar surface area (TPSA) is 58.6 Å². The molecule has 0 spiro atoms. The molecule has 3 rings (SSSR count). The molecule has 0 radical (unpaired) electrons. The van der Waals surface area contributed by atoms with Crippen molar-refractivity contribution in [2.24, 2.45) is 0 Å². The van der Waals surface area contributed by atoms with Gasteiger partial charge in [0.1, 0.15) is 17.2 Å². The first kappa shape index (κ1) is 20.4. The highest BCUT2D eigenvalue weighted by molar-refractivity contribution is 7.99. The second-order valence-corrected chi connectivity index (χ2v) is 7.59. The number of rotatable bonds is 7. The molecule has 2 unspecified atom stereocenters. The number of thioether (sulfide) groups is 1. The molecule has 2 amide bonds. The van der Waals surface area contributed by atoms with Crippen LogP contribution in [0.5, 0.6) is 0 Å². The van der Waals surface area contributed by atoms with Gasteiger partial charge in [-0.3, -0.25) is 9.59 Å². The van der Waals surface area contributed by atoms with E-state index in [2.05, 4.69) is 5.32 Å². The van der Waals surface area contributed by atoms with Crippen LogP contribution < -0.4 is 5.32 Å². The number of carbonyl (C=O) groups excluding carboxylic acids is 2. The molecule has 28 heavy (non-hydrogen) atoms. The highest BCUT2D eigenvalue weighted by Crippen LogP contribution is 2.42. The third-order valence-corrected chi connectivity index (χ3v) is 5.84. The van der Waals surface area contributed by atoms with Gasteiger partial charge in [-0.2, -0.15) is 0 Å². The zero-order valence-electron chi connectivity index (χ0n) is 15.6. The van der Waals surface area contributed by atoms with Gasteiger partial charge in [0.15, 0.2) is 0 Å². The van der Waals surface area contributed by atoms with Gasteiger partial charge in [-0.15, -0.1) is 11.8 Å². The van der Waals surface area contributed by atoms with Crippen molar-refractivity contribution in [3.05, 3.63) is 71.5 Å². The number of ether oxygens (including phenoxy) is 1. The first-order valence-corrected chi connectivity index (χ1v) is 10.2. The molecule has 0 saturated carbocycles. The van der Waals surface area contributed by atoms with Gasteiger partial charge >= 0.3 is 0 Å². The average Bonchev–Trinajstić information content (AvgIpc) is 3.16. The van der Waals surface area contributed by atoms with Crippen LogP contribution in [0.1, 0.15) is 27.7 Å². The Morgan fingerprint density at radius 1 is 1.21 bits per heavy atom. The maximum absolute atomic E-state index is 13.8. The Balaban J connectivity index is 1.85. The molecule has 148 valence electrons. The molecule has 1 aliphatic rings. The van der Waals surface area contributed by atoms with Gasteiger partial charge in [0.2, 0.25) is 5.91 Å². The molecule has 0 aliphatic carbocycles. The van der Waals surface area contributed by atoms with Gasteiger partial charge in [0.25, 0.3) is 5.91 Å². The van der Waals surface area contributed by atoms with Crippen LogP contribution in [0.3, 0.4) is 0 Å². The van der Waals surface area contributed by atoms with Crippen molar-refractivity contribution < 1.29 is 18.7 Å². The number of hydrogen-bond acceptors (Lipinski definition) is 4. The molecule has 2 aromatic carbocycles. The number of nitrogens with one attached hydrogen (secondary N) is 1. The number of methoxy groups -OCH3 is 1. The Hall–Kier alpha value is -2.38. The molecule has 2 aromatic rings. The van der Waals surface area contributed by atoms with Crippen LogP contribution in [-0.2, 0) is 9.53 Å². The van der Waals surface area contributed by atoms with E-state index < -0.39 is 11.4 Å². The second kappa shape index (κ2) is 9.71. The highest BCUT2D eigenvalue weighted by atomic mass is 32.2. The number of halogens is 1. The average molecular weight is 402 g/mol. The smallest absolute Gasteiger partial charge is 0.255 e. The fourth-order valence-corrected chi connectivity index (χ4v) is 4.57. The fraction of sp³-hybridized carbons (Fsp3) is 0.333. The van der Waals surface area contributed by atoms with E-state index in [0.717, 1.165) is 0 Å². The summed E-state index contributed by atoms with van der Waals surface area (Å²) in [5.74, 6) is -0.350. The van der Waals surface area contributed by atoms with Crippen LogP contribution in [0.2, 0.25) is 0 Å². The van der Waals surface area contributed by atoms with E-state index in [9.17, 15) is 14.0 Å². The molecule has 1 fully saturated rings. The molecule has 7 heteroatoms. The van der Waals surface area contributed by atoms with Gasteiger partial charge in [-0.1, -0.05) is 30.3 Å². The lowest BCUT2D eigenvalue weighted by Crippen LogP contribution is -2.48. The lowest BCUT2D eigenvalue weighted by atomic mass is 10.1. The van der Waals surface area contributed by atoms with E-state index in [1.54, 1.807) is 48.4 Å². The van der Waals surface area contributed by atoms with Crippen LogP contribution >= 0.6 is 11.8 Å². The second-order valence-electron chi connectivity index (χ2n) is 6.47. The third kappa shape index (κ3) is 4.72. The maximum atomic E-state index is 13.8. The van der Waals surface area contributed by atoms with E-state index in [0.29, 0.717) is 36.5 Å². The summed E-state index contributed by atoms with van der Waals surface area (Å²) in [7, 11) is 1.61. The SMILES string of the molecule is COCCCNC(=O)C1CSC(c2cccc(F)c2)N1C(=O)c1ccccc1. The van der Waals surface area contributed by atoms with Crippen molar-refractivity contribution in [3.63, 3.8) is 0 Å². The minimum absolute atomic E-state index is 0.202. The fourth-order valence-electron chi connectivity index (χ4n) is 3.15. The van der Waals surface area contributed by atoms with Gasteiger partial charge in [0.05, 0.1) is 0 Å². The molecule has 1 saturated heterocycles. The summed E-state index contributed by atoms with van der Waals surface area (Å²) in [6.45, 7) is 1.03. The van der Waals surface area contributed by atoms with E-state index in [4.69, 9.17) is 4.74 Å². The van der Waals surface area contributed by atoms with E-state index in [1.807, 2.05) is 6.07 Å². The van der Waals surface area contributed by atoms with Gasteiger partial charge in [-0.25, -0.2) is 4.39 Å². The quantitative estimate of drug-likeness (QED) is 0.723. The third-order valence-electron chi connectivity index (χ3n) is 4.52. The van der Waals surface area contributed by atoms with E-state index >= 15 is 0 Å². The summed E-state index contributed by atoms with van der Waals surface area (Å²) < 4.78 is 18.8. The lowest BCUT2D eigenvalue weighted by Gasteiger charge is -2.29. The molecule has 0 aromatic heterocycles. The predicted molar refractivity (Wildman–Crippen MR) is 108 cm³/mol. The summed E-state index contributed by atoms with van der Waals surface area (Å²) in [6, 6.07) is 14.4. The first-order valence-electron chi connectivity index (χ1n) is 9.13. The summed E-state index contributed by atoms with van der Waals surface area (Å²) in [4.78, 5) is 27.6. The Morgan fingerprint density at radius 2 is 2.00 bits per heavy atom. The standard InChI is InChI=1S/C21H23FN2O3S/c1-27-12-6-11-23-19(25)18-14-28-21(16-9-5-10-17(22)13-16)24(18)20(26)15-7-3-2-4-8-15/h2-5,7-10,13,18,21H,6,11-12,14H2,1H3,(H,23,25). The summed E-state index contributed by atoms with van der Waals surface area (Å²) in [5, 5.41) is 2.46. The molecule has 1 aliphatic heterocycles. The highest BCUT2D eigenvalue weighted by Gasteiger charge is 2.42. The van der Waals surface area contributed by atoms with Crippen LogP contribution in [0.4, 0.5) is 4.39 Å². The summed E-state index contributed by atoms with van der Waals surface area (Å²) >= 11 is 1.47. The van der Waals surface area contributed by atoms with Crippen molar-refractivity contribution in [2.75, 3.05) is 26.0 Å². The molecule has 2 atom stereocenters. The van der Waals surface area contributed by atoms with E-state index in [-0.39, 0.29) is 17.6 Å². The lowest BCUT2D eigenvalue weighted by molar-refractivity contribution is -0.124. The van der Waals surface area contributed by atoms with Crippen LogP contribution in [-0.4, -0.2) is 48.8 Å². The van der Waals surface area contributed by atoms with Gasteiger partial charge < -0.3 is 15.0 Å². The summed E-state index contributed by atoms with van der Waals surface area (Å²) in [5.41, 5.74) is 1.17. The molecular formula is C21H23FN2O3S. The molecule has 1 N–H and O–H groups in total. The van der Waals surface area contributed by atoms with Crippen molar-refractivity contribution in [1.29, 1.82) is 0 Å². The van der Waals surface area contributed by atoms with Crippen molar-refractivity contribution >= 4 is 23.6 Å². The van der Waals surface area contributed by atoms with Crippen LogP contribution in [0, 0.1) is 5.82 Å². The van der Waals surface area contributed by atoms with Gasteiger partial charge in [0, 0.05) is 31.6 Å². The number of hydrogen-bond donors (Lipinski definition) is 1. The minimum Gasteiger partial charge on any atom is -0.385 e. The number of nitrogens with zero attached hydrogens (tertiary/aromatic N) is 1. The Morgan fingerprint density at radius 3 is 2.71 bits per heavy atom. The molecule has 5 nitrogen and oxygen atoms in total. The van der Waals surface area contributed by atoms with Crippen molar-refractivity contribution in [2.45, 2.75) is 17.8 Å². The zero-order valence-corrected chi connectivity index (χ0v) is 16.5. The summed E-state index contributed by atoms with van der Waals surface area (Å²) in [6.07, 6.45) is 0.696. The zero-order chi connectivity index (χ0) is 19.9.